The number of rotatable bonds is 3. The number of hydrogen-bond acceptors (Lipinski definition) is 2. The molecule has 3 heteroatoms. The van der Waals surface area contributed by atoms with Crippen LogP contribution in [0.25, 0.3) is 5.82 Å². The number of benzene rings is 1. The first kappa shape index (κ1) is 11.1. The highest BCUT2D eigenvalue weighted by Crippen LogP contribution is 2.29. The Bertz CT molecular complexity index is 617. The van der Waals surface area contributed by atoms with Gasteiger partial charge in [0.1, 0.15) is 5.82 Å². The van der Waals surface area contributed by atoms with Crippen molar-refractivity contribution in [2.45, 2.75) is 9.92 Å². The van der Waals surface area contributed by atoms with Crippen LogP contribution in [0, 0.1) is 0 Å². The molecule has 0 spiro atoms. The first-order chi connectivity index (χ1) is 8.93. The molecule has 2 heterocycles. The second-order valence-electron chi connectivity index (χ2n) is 3.82. The summed E-state index contributed by atoms with van der Waals surface area (Å²) in [6, 6.07) is 20.4. The van der Waals surface area contributed by atoms with Crippen molar-refractivity contribution in [1.82, 2.24) is 9.55 Å². The zero-order valence-electron chi connectivity index (χ0n) is 9.73. The molecule has 2 nitrogen and oxygen atoms in total. The standard InChI is InChI=1S/C15H12N2S/c1-2-7-13(8-3-1)18-15-10-6-12-17(15)14-9-4-5-11-16-14/h1-12H. The highest BCUT2D eigenvalue weighted by Gasteiger charge is 2.05. The summed E-state index contributed by atoms with van der Waals surface area (Å²) in [5.74, 6) is 0.945. The van der Waals surface area contributed by atoms with Crippen LogP contribution >= 0.6 is 11.8 Å². The Morgan fingerprint density at radius 3 is 2.44 bits per heavy atom. The summed E-state index contributed by atoms with van der Waals surface area (Å²) in [5, 5.41) is 1.17. The Labute approximate surface area is 110 Å². The lowest BCUT2D eigenvalue weighted by Gasteiger charge is -2.07. The van der Waals surface area contributed by atoms with Gasteiger partial charge in [0.2, 0.25) is 0 Å². The third-order valence-corrected chi connectivity index (χ3v) is 3.62. The van der Waals surface area contributed by atoms with E-state index in [4.69, 9.17) is 0 Å². The third kappa shape index (κ3) is 2.31. The monoisotopic (exact) mass is 252 g/mol. The normalized spacial score (nSPS) is 10.4. The number of nitrogens with zero attached hydrogens (tertiary/aromatic N) is 2. The molecule has 0 aliphatic carbocycles. The minimum atomic E-state index is 0.945. The molecule has 3 aromatic rings. The molecule has 3 rings (SSSR count). The summed E-state index contributed by atoms with van der Waals surface area (Å²) < 4.78 is 2.09. The van der Waals surface area contributed by atoms with Gasteiger partial charge in [-0.1, -0.05) is 36.0 Å². The molecule has 0 aliphatic heterocycles. The van der Waals surface area contributed by atoms with Gasteiger partial charge in [0.05, 0.1) is 5.03 Å². The van der Waals surface area contributed by atoms with Gasteiger partial charge >= 0.3 is 0 Å². The van der Waals surface area contributed by atoms with E-state index in [2.05, 4.69) is 39.9 Å². The molecule has 18 heavy (non-hydrogen) atoms. The van der Waals surface area contributed by atoms with Gasteiger partial charge in [-0.2, -0.15) is 0 Å². The van der Waals surface area contributed by atoms with Gasteiger partial charge in [0.25, 0.3) is 0 Å². The quantitative estimate of drug-likeness (QED) is 0.700. The Balaban J connectivity index is 1.93. The maximum Gasteiger partial charge on any atom is 0.137 e. The minimum Gasteiger partial charge on any atom is -0.296 e. The molecule has 1 aromatic carbocycles. The Kier molecular flexibility index (Phi) is 3.15. The first-order valence-corrected chi connectivity index (χ1v) is 6.57. The zero-order valence-corrected chi connectivity index (χ0v) is 10.5. The average Bonchev–Trinajstić information content (AvgIpc) is 2.89. The van der Waals surface area contributed by atoms with Gasteiger partial charge in [0.15, 0.2) is 0 Å². The van der Waals surface area contributed by atoms with E-state index in [0.29, 0.717) is 0 Å². The maximum atomic E-state index is 4.37. The molecular formula is C15H12N2S. The summed E-state index contributed by atoms with van der Waals surface area (Å²) in [6.07, 6.45) is 3.85. The second kappa shape index (κ2) is 5.10. The van der Waals surface area contributed by atoms with Gasteiger partial charge in [-0.3, -0.25) is 4.57 Å². The van der Waals surface area contributed by atoms with Crippen LogP contribution in [-0.2, 0) is 0 Å². The number of aromatic nitrogens is 2. The van der Waals surface area contributed by atoms with Crippen molar-refractivity contribution in [3.63, 3.8) is 0 Å². The molecule has 0 atom stereocenters. The number of hydrogen-bond donors (Lipinski definition) is 0. The first-order valence-electron chi connectivity index (χ1n) is 5.75. The van der Waals surface area contributed by atoms with E-state index in [-0.39, 0.29) is 0 Å². The van der Waals surface area contributed by atoms with Crippen LogP contribution in [0.15, 0.2) is 83.0 Å². The third-order valence-electron chi connectivity index (χ3n) is 2.57. The zero-order chi connectivity index (χ0) is 12.2. The lowest BCUT2D eigenvalue weighted by atomic mass is 10.4. The summed E-state index contributed by atoms with van der Waals surface area (Å²) in [5.41, 5.74) is 0. The van der Waals surface area contributed by atoms with Crippen molar-refractivity contribution in [2.24, 2.45) is 0 Å². The molecule has 88 valence electrons. The summed E-state index contributed by atoms with van der Waals surface area (Å²) in [4.78, 5) is 5.60. The van der Waals surface area contributed by atoms with E-state index in [1.54, 1.807) is 11.8 Å². The van der Waals surface area contributed by atoms with E-state index in [1.807, 2.05) is 42.7 Å². The SMILES string of the molecule is c1ccc(Sc2cccn2-c2ccccn2)cc1. The lowest BCUT2D eigenvalue weighted by Crippen LogP contribution is -1.95. The second-order valence-corrected chi connectivity index (χ2v) is 4.91. The summed E-state index contributed by atoms with van der Waals surface area (Å²) in [7, 11) is 0. The van der Waals surface area contributed by atoms with Crippen LogP contribution in [-0.4, -0.2) is 9.55 Å². The predicted octanol–water partition coefficient (Wildman–Crippen LogP) is 4.02. The van der Waals surface area contributed by atoms with E-state index in [0.717, 1.165) is 5.82 Å². The topological polar surface area (TPSA) is 17.8 Å². The largest absolute Gasteiger partial charge is 0.296 e. The molecule has 0 bridgehead atoms. The molecule has 0 N–H and O–H groups in total. The molecule has 0 radical (unpaired) electrons. The smallest absolute Gasteiger partial charge is 0.137 e. The highest BCUT2D eigenvalue weighted by atomic mass is 32.2. The minimum absolute atomic E-state index is 0.945. The van der Waals surface area contributed by atoms with Crippen molar-refractivity contribution in [3.8, 4) is 5.82 Å². The molecule has 0 saturated heterocycles. The average molecular weight is 252 g/mol. The molecule has 0 unspecified atom stereocenters. The van der Waals surface area contributed by atoms with Gasteiger partial charge < -0.3 is 0 Å². The van der Waals surface area contributed by atoms with Crippen molar-refractivity contribution >= 4 is 11.8 Å². The predicted molar refractivity (Wildman–Crippen MR) is 74.1 cm³/mol. The fourth-order valence-corrected chi connectivity index (χ4v) is 2.68. The Morgan fingerprint density at radius 2 is 1.67 bits per heavy atom. The molecule has 0 amide bonds. The van der Waals surface area contributed by atoms with Crippen LogP contribution in [0.3, 0.4) is 0 Å². The van der Waals surface area contributed by atoms with Gasteiger partial charge in [-0.25, -0.2) is 4.98 Å². The molecule has 0 saturated carbocycles. The summed E-state index contributed by atoms with van der Waals surface area (Å²) in [6.45, 7) is 0. The van der Waals surface area contributed by atoms with Crippen LogP contribution < -0.4 is 0 Å². The summed E-state index contributed by atoms with van der Waals surface area (Å²) >= 11 is 1.74. The van der Waals surface area contributed by atoms with Crippen LogP contribution in [0.5, 0.6) is 0 Å². The lowest BCUT2D eigenvalue weighted by molar-refractivity contribution is 0.911. The van der Waals surface area contributed by atoms with Gasteiger partial charge in [0, 0.05) is 17.3 Å². The van der Waals surface area contributed by atoms with Crippen molar-refractivity contribution < 1.29 is 0 Å². The van der Waals surface area contributed by atoms with Crippen LogP contribution in [0.4, 0.5) is 0 Å². The van der Waals surface area contributed by atoms with E-state index in [1.165, 1.54) is 9.92 Å². The molecule has 0 aliphatic rings. The van der Waals surface area contributed by atoms with Crippen molar-refractivity contribution in [3.05, 3.63) is 73.1 Å². The molecule has 0 fully saturated rings. The van der Waals surface area contributed by atoms with E-state index in [9.17, 15) is 0 Å². The fourth-order valence-electron chi connectivity index (χ4n) is 1.74. The highest BCUT2D eigenvalue weighted by molar-refractivity contribution is 7.99. The molecular weight excluding hydrogens is 240 g/mol. The van der Waals surface area contributed by atoms with Crippen LogP contribution in [0.1, 0.15) is 0 Å². The van der Waals surface area contributed by atoms with Crippen molar-refractivity contribution in [1.29, 1.82) is 0 Å². The fraction of sp³-hybridized carbons (Fsp3) is 0. The molecule has 2 aromatic heterocycles. The van der Waals surface area contributed by atoms with Gasteiger partial charge in [-0.15, -0.1) is 0 Å². The maximum absolute atomic E-state index is 4.37. The Morgan fingerprint density at radius 1 is 0.833 bits per heavy atom. The Hall–Kier alpha value is -2.00. The number of pyridine rings is 1. The van der Waals surface area contributed by atoms with Crippen LogP contribution in [0.2, 0.25) is 0 Å². The van der Waals surface area contributed by atoms with Crippen molar-refractivity contribution in [2.75, 3.05) is 0 Å². The van der Waals surface area contributed by atoms with E-state index >= 15 is 0 Å². The van der Waals surface area contributed by atoms with Gasteiger partial charge in [-0.05, 0) is 36.4 Å². The van der Waals surface area contributed by atoms with E-state index < -0.39 is 0 Å².